The monoisotopic (exact) mass is 238 g/mol. The minimum absolute atomic E-state index is 0.772. The van der Waals surface area contributed by atoms with Gasteiger partial charge >= 0.3 is 0 Å². The van der Waals surface area contributed by atoms with Gasteiger partial charge in [0.1, 0.15) is 0 Å². The molecule has 1 heterocycles. The highest BCUT2D eigenvalue weighted by Gasteiger charge is 2.04. The maximum atomic E-state index is 6.03. The Labute approximate surface area is 97.9 Å². The first-order valence-corrected chi connectivity index (χ1v) is 5.87. The third-order valence-corrected chi connectivity index (χ3v) is 3.41. The third-order valence-electron chi connectivity index (χ3n) is 2.13. The number of anilines is 2. The first kappa shape index (κ1) is 10.5. The van der Waals surface area contributed by atoms with Crippen molar-refractivity contribution in [2.75, 3.05) is 5.32 Å². The van der Waals surface area contributed by atoms with Gasteiger partial charge in [0.25, 0.3) is 0 Å². The van der Waals surface area contributed by atoms with Crippen LogP contribution in [0.1, 0.15) is 11.3 Å². The topological polar surface area (TPSA) is 24.9 Å². The molecule has 0 bridgehead atoms. The van der Waals surface area contributed by atoms with Crippen LogP contribution in [0.2, 0.25) is 5.02 Å². The highest BCUT2D eigenvalue weighted by atomic mass is 35.5. The van der Waals surface area contributed by atoms with E-state index in [-0.39, 0.29) is 0 Å². The number of hydrogen-bond donors (Lipinski definition) is 1. The zero-order chi connectivity index (χ0) is 10.8. The molecular formula is C11H11ClN2S. The van der Waals surface area contributed by atoms with Crippen molar-refractivity contribution in [1.82, 2.24) is 4.98 Å². The molecule has 0 aliphatic heterocycles. The Kier molecular flexibility index (Phi) is 2.93. The van der Waals surface area contributed by atoms with E-state index in [0.717, 1.165) is 27.1 Å². The molecule has 1 aromatic carbocycles. The van der Waals surface area contributed by atoms with Crippen molar-refractivity contribution < 1.29 is 0 Å². The third kappa shape index (κ3) is 2.30. The number of benzene rings is 1. The number of aromatic nitrogens is 1. The van der Waals surface area contributed by atoms with Crippen LogP contribution in [0.5, 0.6) is 0 Å². The van der Waals surface area contributed by atoms with Crippen LogP contribution in [0.4, 0.5) is 10.8 Å². The second kappa shape index (κ2) is 4.21. The zero-order valence-electron chi connectivity index (χ0n) is 8.54. The van der Waals surface area contributed by atoms with Crippen LogP contribution in [-0.2, 0) is 0 Å². The van der Waals surface area contributed by atoms with Crippen molar-refractivity contribution in [2.45, 2.75) is 13.8 Å². The van der Waals surface area contributed by atoms with Gasteiger partial charge < -0.3 is 5.32 Å². The SMILES string of the molecule is Cc1csc(Nc2cccc(Cl)c2C)n1. The highest BCUT2D eigenvalue weighted by molar-refractivity contribution is 7.13. The molecule has 0 aliphatic carbocycles. The van der Waals surface area contributed by atoms with Gasteiger partial charge in [0, 0.05) is 16.1 Å². The number of halogens is 1. The first-order chi connectivity index (χ1) is 7.16. The van der Waals surface area contributed by atoms with Gasteiger partial charge in [-0.25, -0.2) is 4.98 Å². The smallest absolute Gasteiger partial charge is 0.187 e. The predicted molar refractivity (Wildman–Crippen MR) is 66.3 cm³/mol. The van der Waals surface area contributed by atoms with Crippen LogP contribution in [0, 0.1) is 13.8 Å². The van der Waals surface area contributed by atoms with Gasteiger partial charge in [-0.05, 0) is 31.5 Å². The molecule has 0 saturated heterocycles. The first-order valence-electron chi connectivity index (χ1n) is 4.61. The Morgan fingerprint density at radius 2 is 2.13 bits per heavy atom. The van der Waals surface area contributed by atoms with Crippen LogP contribution < -0.4 is 5.32 Å². The van der Waals surface area contributed by atoms with Crippen LogP contribution in [-0.4, -0.2) is 4.98 Å². The predicted octanol–water partition coefficient (Wildman–Crippen LogP) is 4.16. The largest absolute Gasteiger partial charge is 0.331 e. The second-order valence-corrected chi connectivity index (χ2v) is 4.60. The van der Waals surface area contributed by atoms with Gasteiger partial charge in [0.15, 0.2) is 5.13 Å². The molecule has 2 aromatic rings. The number of hydrogen-bond acceptors (Lipinski definition) is 3. The Hall–Kier alpha value is -1.06. The minimum Gasteiger partial charge on any atom is -0.331 e. The van der Waals surface area contributed by atoms with Gasteiger partial charge in [0.05, 0.1) is 5.69 Å². The lowest BCUT2D eigenvalue weighted by Crippen LogP contribution is -1.92. The molecule has 2 nitrogen and oxygen atoms in total. The van der Waals surface area contributed by atoms with Crippen molar-refractivity contribution >= 4 is 33.8 Å². The van der Waals surface area contributed by atoms with Crippen molar-refractivity contribution in [3.05, 3.63) is 39.9 Å². The molecule has 15 heavy (non-hydrogen) atoms. The summed E-state index contributed by atoms with van der Waals surface area (Å²) in [6.45, 7) is 3.97. The van der Waals surface area contributed by atoms with Crippen molar-refractivity contribution in [3.8, 4) is 0 Å². The summed E-state index contributed by atoms with van der Waals surface area (Å²) in [5.41, 5.74) is 3.09. The summed E-state index contributed by atoms with van der Waals surface area (Å²) >= 11 is 7.62. The fraction of sp³-hybridized carbons (Fsp3) is 0.182. The van der Waals surface area contributed by atoms with Crippen LogP contribution in [0.3, 0.4) is 0 Å². The average molecular weight is 239 g/mol. The van der Waals surface area contributed by atoms with E-state index in [4.69, 9.17) is 11.6 Å². The summed E-state index contributed by atoms with van der Waals surface area (Å²) < 4.78 is 0. The van der Waals surface area contributed by atoms with Crippen molar-refractivity contribution in [3.63, 3.8) is 0 Å². The highest BCUT2D eigenvalue weighted by Crippen LogP contribution is 2.27. The minimum atomic E-state index is 0.772. The standard InChI is InChI=1S/C11H11ClN2S/c1-7-6-15-11(13-7)14-10-5-3-4-9(12)8(10)2/h3-6H,1-2H3,(H,13,14). The normalized spacial score (nSPS) is 10.3. The van der Waals surface area contributed by atoms with E-state index < -0.39 is 0 Å². The van der Waals surface area contributed by atoms with Gasteiger partial charge in [-0.3, -0.25) is 0 Å². The molecule has 4 heteroatoms. The Balaban J connectivity index is 2.28. The van der Waals surface area contributed by atoms with Crippen molar-refractivity contribution in [2.24, 2.45) is 0 Å². The lowest BCUT2D eigenvalue weighted by Gasteiger charge is -2.07. The maximum Gasteiger partial charge on any atom is 0.187 e. The molecule has 0 fully saturated rings. The molecule has 0 aliphatic rings. The maximum absolute atomic E-state index is 6.03. The molecule has 0 atom stereocenters. The molecule has 1 N–H and O–H groups in total. The quantitative estimate of drug-likeness (QED) is 0.850. The van der Waals surface area contributed by atoms with E-state index in [1.807, 2.05) is 37.4 Å². The molecule has 0 radical (unpaired) electrons. The lowest BCUT2D eigenvalue weighted by atomic mass is 10.2. The fourth-order valence-corrected chi connectivity index (χ4v) is 2.14. The van der Waals surface area contributed by atoms with Crippen LogP contribution in [0.15, 0.2) is 23.6 Å². The van der Waals surface area contributed by atoms with E-state index in [2.05, 4.69) is 10.3 Å². The van der Waals surface area contributed by atoms with Gasteiger partial charge in [0.2, 0.25) is 0 Å². The van der Waals surface area contributed by atoms with E-state index >= 15 is 0 Å². The number of nitrogens with one attached hydrogen (secondary N) is 1. The molecule has 0 amide bonds. The van der Waals surface area contributed by atoms with E-state index in [1.165, 1.54) is 0 Å². The average Bonchev–Trinajstić information content (AvgIpc) is 2.59. The fourth-order valence-electron chi connectivity index (χ4n) is 1.27. The summed E-state index contributed by atoms with van der Waals surface area (Å²) in [6, 6.07) is 5.81. The summed E-state index contributed by atoms with van der Waals surface area (Å²) in [6.07, 6.45) is 0. The summed E-state index contributed by atoms with van der Waals surface area (Å²) in [5, 5.41) is 6.95. The van der Waals surface area contributed by atoms with Crippen LogP contribution in [0.25, 0.3) is 0 Å². The number of nitrogens with zero attached hydrogens (tertiary/aromatic N) is 1. The molecule has 0 spiro atoms. The van der Waals surface area contributed by atoms with Crippen molar-refractivity contribution in [1.29, 1.82) is 0 Å². The van der Waals surface area contributed by atoms with E-state index in [9.17, 15) is 0 Å². The molecule has 1 aromatic heterocycles. The lowest BCUT2D eigenvalue weighted by molar-refractivity contribution is 1.26. The van der Waals surface area contributed by atoms with E-state index in [0.29, 0.717) is 0 Å². The molecular weight excluding hydrogens is 228 g/mol. The molecule has 0 unspecified atom stereocenters. The Morgan fingerprint density at radius 1 is 1.33 bits per heavy atom. The number of rotatable bonds is 2. The van der Waals surface area contributed by atoms with Gasteiger partial charge in [-0.15, -0.1) is 11.3 Å². The Bertz CT molecular complexity index is 479. The second-order valence-electron chi connectivity index (χ2n) is 3.33. The van der Waals surface area contributed by atoms with Gasteiger partial charge in [-0.2, -0.15) is 0 Å². The number of aryl methyl sites for hydroxylation is 1. The molecule has 2 rings (SSSR count). The summed E-state index contributed by atoms with van der Waals surface area (Å²) in [7, 11) is 0. The Morgan fingerprint density at radius 3 is 2.80 bits per heavy atom. The number of thiazole rings is 1. The summed E-state index contributed by atoms with van der Waals surface area (Å²) in [4.78, 5) is 4.34. The van der Waals surface area contributed by atoms with Gasteiger partial charge in [-0.1, -0.05) is 17.7 Å². The van der Waals surface area contributed by atoms with E-state index in [1.54, 1.807) is 11.3 Å². The summed E-state index contributed by atoms with van der Waals surface area (Å²) in [5.74, 6) is 0. The zero-order valence-corrected chi connectivity index (χ0v) is 10.1. The van der Waals surface area contributed by atoms with Crippen LogP contribution >= 0.6 is 22.9 Å². The molecule has 78 valence electrons. The molecule has 0 saturated carbocycles.